The molecule has 0 N–H and O–H groups in total. The molecule has 6 heterocycles. The molecule has 0 radical (unpaired) electrons. The lowest BCUT2D eigenvalue weighted by atomic mass is 9.66. The van der Waals surface area contributed by atoms with Crippen molar-refractivity contribution in [2.75, 3.05) is 0 Å². The highest BCUT2D eigenvalue weighted by molar-refractivity contribution is 6.04. The molecule has 12 aromatic rings. The molecule has 302 valence electrons. The maximum atomic E-state index is 5.33. The van der Waals surface area contributed by atoms with E-state index < -0.39 is 5.41 Å². The highest BCUT2D eigenvalue weighted by Crippen LogP contribution is 2.58. The van der Waals surface area contributed by atoms with Crippen molar-refractivity contribution in [3.63, 3.8) is 0 Å². The second-order valence-corrected chi connectivity index (χ2v) is 16.4. The molecule has 8 nitrogen and oxygen atoms in total. The van der Waals surface area contributed by atoms with Crippen LogP contribution in [0.15, 0.2) is 207 Å². The van der Waals surface area contributed by atoms with Crippen LogP contribution in [0, 0.1) is 0 Å². The maximum Gasteiger partial charge on any atom is 0.0972 e. The van der Waals surface area contributed by atoms with Crippen LogP contribution < -0.4 is 0 Å². The van der Waals surface area contributed by atoms with E-state index in [1.165, 1.54) is 0 Å². The molecular weight excluding hydrogens is 797 g/mol. The fourth-order valence-electron chi connectivity index (χ4n) is 9.92. The quantitative estimate of drug-likeness (QED) is 0.153. The predicted molar refractivity (Wildman–Crippen MR) is 258 cm³/mol. The lowest BCUT2D eigenvalue weighted by molar-refractivity contribution is 0.769. The second-order valence-electron chi connectivity index (χ2n) is 16.4. The number of aromatic nitrogens is 8. The Hall–Kier alpha value is -8.88. The molecular formula is C57H34N8. The molecule has 0 saturated heterocycles. The van der Waals surface area contributed by atoms with E-state index in [2.05, 4.69) is 156 Å². The summed E-state index contributed by atoms with van der Waals surface area (Å²) >= 11 is 0. The van der Waals surface area contributed by atoms with E-state index in [-0.39, 0.29) is 0 Å². The van der Waals surface area contributed by atoms with Crippen molar-refractivity contribution in [2.24, 2.45) is 0 Å². The average Bonchev–Trinajstić information content (AvgIpc) is 3.68. The Balaban J connectivity index is 1.10. The Morgan fingerprint density at radius 3 is 1.22 bits per heavy atom. The fourth-order valence-corrected chi connectivity index (χ4v) is 9.92. The predicted octanol–water partition coefficient (Wildman–Crippen LogP) is 12.5. The van der Waals surface area contributed by atoms with Crippen LogP contribution in [0.4, 0.5) is 0 Å². The van der Waals surface area contributed by atoms with Crippen molar-refractivity contribution in [3.05, 3.63) is 230 Å². The van der Waals surface area contributed by atoms with Gasteiger partial charge in [0.15, 0.2) is 0 Å². The molecule has 0 saturated carbocycles. The van der Waals surface area contributed by atoms with E-state index in [1.54, 1.807) is 24.8 Å². The number of rotatable bonds is 6. The van der Waals surface area contributed by atoms with Crippen LogP contribution in [0.2, 0.25) is 0 Å². The van der Waals surface area contributed by atoms with E-state index >= 15 is 0 Å². The first-order valence-corrected chi connectivity index (χ1v) is 21.5. The average molecular weight is 831 g/mol. The molecule has 6 aromatic carbocycles. The summed E-state index contributed by atoms with van der Waals surface area (Å²) in [6.45, 7) is 0. The summed E-state index contributed by atoms with van der Waals surface area (Å²) in [5.74, 6) is 0. The third kappa shape index (κ3) is 5.85. The zero-order valence-electron chi connectivity index (χ0n) is 34.7. The van der Waals surface area contributed by atoms with Gasteiger partial charge >= 0.3 is 0 Å². The summed E-state index contributed by atoms with van der Waals surface area (Å²) in [7, 11) is 0. The Morgan fingerprint density at radius 1 is 0.308 bits per heavy atom. The molecule has 1 aliphatic rings. The minimum absolute atomic E-state index is 0.797. The molecule has 65 heavy (non-hydrogen) atoms. The Bertz CT molecular complexity index is 3600. The normalized spacial score (nSPS) is 12.7. The van der Waals surface area contributed by atoms with Crippen LogP contribution in [0.5, 0.6) is 0 Å². The number of hydrogen-bond donors (Lipinski definition) is 0. The van der Waals surface area contributed by atoms with E-state index in [1.807, 2.05) is 36.9 Å². The van der Waals surface area contributed by atoms with Crippen LogP contribution in [0.1, 0.15) is 22.3 Å². The third-order valence-electron chi connectivity index (χ3n) is 12.9. The smallest absolute Gasteiger partial charge is 0.0972 e. The first-order valence-electron chi connectivity index (χ1n) is 21.5. The van der Waals surface area contributed by atoms with Crippen molar-refractivity contribution < 1.29 is 0 Å². The van der Waals surface area contributed by atoms with Gasteiger partial charge in [-0.3, -0.25) is 29.9 Å². The van der Waals surface area contributed by atoms with Gasteiger partial charge in [-0.15, -0.1) is 0 Å². The summed E-state index contributed by atoms with van der Waals surface area (Å²) in [6.07, 6.45) is 14.2. The first-order chi connectivity index (χ1) is 32.2. The molecule has 8 heteroatoms. The summed E-state index contributed by atoms with van der Waals surface area (Å²) in [4.78, 5) is 38.7. The van der Waals surface area contributed by atoms with E-state index in [9.17, 15) is 0 Å². The lowest BCUT2D eigenvalue weighted by Crippen LogP contribution is -2.29. The van der Waals surface area contributed by atoms with E-state index in [4.69, 9.17) is 29.9 Å². The van der Waals surface area contributed by atoms with Gasteiger partial charge in [0.1, 0.15) is 0 Å². The zero-order valence-corrected chi connectivity index (χ0v) is 34.7. The number of nitrogens with zero attached hydrogens (tertiary/aromatic N) is 8. The van der Waals surface area contributed by atoms with E-state index in [0.29, 0.717) is 0 Å². The monoisotopic (exact) mass is 830 g/mol. The minimum atomic E-state index is -0.844. The Morgan fingerprint density at radius 2 is 0.754 bits per heavy atom. The zero-order chi connectivity index (χ0) is 42.9. The molecule has 0 aliphatic heterocycles. The van der Waals surface area contributed by atoms with Crippen molar-refractivity contribution >= 4 is 43.6 Å². The number of hydrogen-bond acceptors (Lipinski definition) is 8. The number of fused-ring (bicyclic) bond motifs is 9. The highest BCUT2D eigenvalue weighted by atomic mass is 14.8. The minimum Gasteiger partial charge on any atom is -0.261 e. The van der Waals surface area contributed by atoms with Gasteiger partial charge in [-0.1, -0.05) is 109 Å². The van der Waals surface area contributed by atoms with Gasteiger partial charge in [0.05, 0.1) is 62.7 Å². The number of pyridine rings is 4. The maximum absolute atomic E-state index is 5.33. The largest absolute Gasteiger partial charge is 0.261 e. The topological polar surface area (TPSA) is 103 Å². The molecule has 0 unspecified atom stereocenters. The Kier molecular flexibility index (Phi) is 8.26. The standard InChI is InChI=1S/C57H34N8/c1-5-39(49-21-17-37-13-11-35-7-3-23-62-53(35)55(37)64-49)29-43(9-1)57(44-10-2-6-40(30-44)50-22-18-38-14-12-36-8-4-24-63-54(36)56(38)65-50)47-31-41(51-33-58-25-27-60-51)15-19-45(47)46-20-16-42(32-48(46)57)52-34-59-26-28-61-52/h1-34H. The molecule has 0 amide bonds. The van der Waals surface area contributed by atoms with Crippen LogP contribution in [0.3, 0.4) is 0 Å². The SMILES string of the molecule is c1cc(-c2ccc3ccc4cccnc4c3n2)cc(C2(c3cccc(-c4ccc5ccc6cccnc6c5n4)c3)c3cc(-c4cnccn4)ccc3-c3ccc(-c4cnccn4)cc32)c1. The van der Waals surface area contributed by atoms with Crippen molar-refractivity contribution in [3.8, 4) is 56.2 Å². The molecule has 13 rings (SSSR count). The van der Waals surface area contributed by atoms with Gasteiger partial charge in [0.2, 0.25) is 0 Å². The number of benzene rings is 6. The molecule has 0 atom stereocenters. The second kappa shape index (κ2) is 14.6. The fraction of sp³-hybridized carbons (Fsp3) is 0.0175. The summed E-state index contributed by atoms with van der Waals surface area (Å²) in [5.41, 5.74) is 16.6. The van der Waals surface area contributed by atoms with Gasteiger partial charge in [-0.05, 0) is 81.9 Å². The molecule has 0 bridgehead atoms. The molecule has 1 aliphatic carbocycles. The molecule has 6 aromatic heterocycles. The van der Waals surface area contributed by atoms with Crippen LogP contribution >= 0.6 is 0 Å². The van der Waals surface area contributed by atoms with Crippen LogP contribution in [-0.2, 0) is 5.41 Å². The lowest BCUT2D eigenvalue weighted by Gasteiger charge is -2.35. The van der Waals surface area contributed by atoms with E-state index in [0.717, 1.165) is 122 Å². The van der Waals surface area contributed by atoms with Crippen molar-refractivity contribution in [1.82, 2.24) is 39.9 Å². The first kappa shape index (κ1) is 36.7. The van der Waals surface area contributed by atoms with Gasteiger partial charge in [-0.25, -0.2) is 9.97 Å². The van der Waals surface area contributed by atoms with Crippen LogP contribution in [-0.4, -0.2) is 39.9 Å². The van der Waals surface area contributed by atoms with Crippen LogP contribution in [0.25, 0.3) is 99.8 Å². The summed E-state index contributed by atoms with van der Waals surface area (Å²) in [6, 6.07) is 56.2. The van der Waals surface area contributed by atoms with Gasteiger partial charge < -0.3 is 0 Å². The summed E-state index contributed by atoms with van der Waals surface area (Å²) < 4.78 is 0. The summed E-state index contributed by atoms with van der Waals surface area (Å²) in [5, 5.41) is 4.20. The molecule has 0 fully saturated rings. The molecule has 0 spiro atoms. The van der Waals surface area contributed by atoms with Gasteiger partial charge in [0.25, 0.3) is 0 Å². The highest BCUT2D eigenvalue weighted by Gasteiger charge is 2.47. The third-order valence-corrected chi connectivity index (χ3v) is 12.9. The van der Waals surface area contributed by atoms with Gasteiger partial charge in [-0.2, -0.15) is 0 Å². The van der Waals surface area contributed by atoms with Crippen molar-refractivity contribution in [2.45, 2.75) is 5.41 Å². The van der Waals surface area contributed by atoms with Crippen molar-refractivity contribution in [1.29, 1.82) is 0 Å². The van der Waals surface area contributed by atoms with Gasteiger partial charge in [0, 0.05) is 81.0 Å². The Labute approximate surface area is 373 Å².